The van der Waals surface area contributed by atoms with Gasteiger partial charge in [0, 0.05) is 0 Å². The summed E-state index contributed by atoms with van der Waals surface area (Å²) < 4.78 is 21.7. The lowest BCUT2D eigenvalue weighted by atomic mass is 9.82. The summed E-state index contributed by atoms with van der Waals surface area (Å²) in [5.74, 6) is 0.0748. The second kappa shape index (κ2) is 5.27. The number of alkyl halides is 1. The summed E-state index contributed by atoms with van der Waals surface area (Å²) in [5, 5.41) is 18.8. The Balaban J connectivity index is 2.09. The summed E-state index contributed by atoms with van der Waals surface area (Å²) in [7, 11) is 0. The molecule has 0 radical (unpaired) electrons. The van der Waals surface area contributed by atoms with Crippen molar-refractivity contribution in [3.63, 3.8) is 0 Å². The van der Waals surface area contributed by atoms with E-state index in [-0.39, 0.29) is 22.3 Å². The van der Waals surface area contributed by atoms with Crippen molar-refractivity contribution in [2.75, 3.05) is 18.9 Å². The molecule has 22 heavy (non-hydrogen) atoms. The van der Waals surface area contributed by atoms with Gasteiger partial charge in [-0.2, -0.15) is 9.97 Å². The van der Waals surface area contributed by atoms with Crippen LogP contribution in [-0.2, 0) is 4.74 Å². The number of aliphatic hydroxyl groups excluding tert-OH is 2. The molecule has 120 valence electrons. The van der Waals surface area contributed by atoms with Gasteiger partial charge < -0.3 is 20.7 Å². The Hall–Kier alpha value is -1.55. The highest BCUT2D eigenvalue weighted by Crippen LogP contribution is 2.45. The molecule has 0 spiro atoms. The fourth-order valence-corrected chi connectivity index (χ4v) is 2.81. The molecule has 0 bridgehead atoms. The third-order valence-corrected chi connectivity index (χ3v) is 4.29. The number of imidazole rings is 1. The van der Waals surface area contributed by atoms with E-state index in [1.54, 1.807) is 0 Å². The quantitative estimate of drug-likeness (QED) is 0.691. The Bertz CT molecular complexity index is 713. The van der Waals surface area contributed by atoms with Crippen LogP contribution in [0, 0.1) is 5.41 Å². The number of hydrogen-bond donors (Lipinski definition) is 3. The minimum atomic E-state index is -1.58. The summed E-state index contributed by atoms with van der Waals surface area (Å²) in [6, 6.07) is 0. The molecule has 8 nitrogen and oxygen atoms in total. The van der Waals surface area contributed by atoms with Gasteiger partial charge in [-0.25, -0.2) is 9.37 Å². The van der Waals surface area contributed by atoms with Crippen LogP contribution in [0.15, 0.2) is 6.33 Å². The molecule has 2 aromatic heterocycles. The zero-order valence-corrected chi connectivity index (χ0v) is 12.4. The van der Waals surface area contributed by atoms with Crippen molar-refractivity contribution in [1.29, 1.82) is 0 Å². The highest BCUT2D eigenvalue weighted by Gasteiger charge is 2.54. The Morgan fingerprint density at radius 1 is 1.50 bits per heavy atom. The van der Waals surface area contributed by atoms with E-state index >= 15 is 0 Å². The van der Waals surface area contributed by atoms with E-state index in [1.807, 2.05) is 0 Å². The molecule has 3 rings (SSSR count). The van der Waals surface area contributed by atoms with Crippen LogP contribution in [0.2, 0.25) is 5.28 Å². The van der Waals surface area contributed by atoms with Gasteiger partial charge in [0.25, 0.3) is 0 Å². The predicted molar refractivity (Wildman–Crippen MR) is 75.8 cm³/mol. The number of nitrogens with zero attached hydrogens (tertiary/aromatic N) is 4. The van der Waals surface area contributed by atoms with Crippen molar-refractivity contribution < 1.29 is 19.3 Å². The summed E-state index contributed by atoms with van der Waals surface area (Å²) in [5.41, 5.74) is 4.98. The first-order valence-electron chi connectivity index (χ1n) is 6.59. The van der Waals surface area contributed by atoms with E-state index in [9.17, 15) is 14.6 Å². The van der Waals surface area contributed by atoms with Gasteiger partial charge in [0.15, 0.2) is 23.9 Å². The van der Waals surface area contributed by atoms with Gasteiger partial charge in [-0.3, -0.25) is 4.57 Å². The third kappa shape index (κ3) is 2.04. The molecule has 0 saturated carbocycles. The van der Waals surface area contributed by atoms with Crippen molar-refractivity contribution in [3.05, 3.63) is 11.6 Å². The minimum Gasteiger partial charge on any atom is -0.396 e. The van der Waals surface area contributed by atoms with Crippen molar-refractivity contribution >= 4 is 28.6 Å². The standard InChI is InChI=1S/C12H15ClFN5O3/c1-12(3-21)5(2-20)22-10(7(12)14)19-4-16-6-8(15)17-11(13)18-9(6)19/h4-5,7,10,20-21H,2-3H2,1H3,(H2,15,17,18)/t5-,7-,10-,12-/m1/s1. The minimum absolute atomic E-state index is 0.0748. The topological polar surface area (TPSA) is 119 Å². The zero-order valence-electron chi connectivity index (χ0n) is 11.6. The molecule has 3 heterocycles. The Kier molecular flexibility index (Phi) is 3.68. The van der Waals surface area contributed by atoms with Crippen LogP contribution >= 0.6 is 11.6 Å². The van der Waals surface area contributed by atoms with Crippen LogP contribution in [-0.4, -0.2) is 55.2 Å². The highest BCUT2D eigenvalue weighted by atomic mass is 35.5. The monoisotopic (exact) mass is 331 g/mol. The van der Waals surface area contributed by atoms with Gasteiger partial charge in [-0.15, -0.1) is 0 Å². The number of halogens is 2. The number of aliphatic hydroxyl groups is 2. The average Bonchev–Trinajstić information content (AvgIpc) is 3.00. The van der Waals surface area contributed by atoms with Crippen LogP contribution < -0.4 is 5.73 Å². The molecule has 1 aliphatic heterocycles. The Morgan fingerprint density at radius 2 is 2.23 bits per heavy atom. The number of ether oxygens (including phenoxy) is 1. The molecule has 1 fully saturated rings. The number of fused-ring (bicyclic) bond motifs is 1. The predicted octanol–water partition coefficient (Wildman–Crippen LogP) is 0.288. The molecular formula is C12H15ClFN5O3. The van der Waals surface area contributed by atoms with Crippen molar-refractivity contribution in [3.8, 4) is 0 Å². The number of nitrogen functional groups attached to an aromatic ring is 1. The van der Waals surface area contributed by atoms with E-state index < -0.39 is 37.1 Å². The largest absolute Gasteiger partial charge is 0.396 e. The van der Waals surface area contributed by atoms with Crippen molar-refractivity contribution in [1.82, 2.24) is 19.5 Å². The highest BCUT2D eigenvalue weighted by molar-refractivity contribution is 6.28. The van der Waals surface area contributed by atoms with E-state index in [2.05, 4.69) is 15.0 Å². The van der Waals surface area contributed by atoms with Crippen LogP contribution in [0.3, 0.4) is 0 Å². The summed E-state index contributed by atoms with van der Waals surface area (Å²) in [6.07, 6.45) is -2.22. The summed E-state index contributed by atoms with van der Waals surface area (Å²) >= 11 is 5.78. The maximum atomic E-state index is 14.8. The maximum Gasteiger partial charge on any atom is 0.226 e. The molecule has 0 unspecified atom stereocenters. The van der Waals surface area contributed by atoms with Crippen LogP contribution in [0.4, 0.5) is 10.2 Å². The van der Waals surface area contributed by atoms with Gasteiger partial charge in [-0.1, -0.05) is 6.92 Å². The average molecular weight is 332 g/mol. The SMILES string of the molecule is C[C@]1(CO)[C@H](F)[C@H](n2cnc3c(N)nc(Cl)nc32)O[C@@H]1CO. The Morgan fingerprint density at radius 3 is 2.82 bits per heavy atom. The van der Waals surface area contributed by atoms with E-state index in [0.29, 0.717) is 0 Å². The zero-order chi connectivity index (χ0) is 16.1. The van der Waals surface area contributed by atoms with Crippen LogP contribution in [0.5, 0.6) is 0 Å². The van der Waals surface area contributed by atoms with Gasteiger partial charge in [0.05, 0.1) is 31.1 Å². The van der Waals surface area contributed by atoms with Gasteiger partial charge in [0.1, 0.15) is 5.52 Å². The van der Waals surface area contributed by atoms with Gasteiger partial charge >= 0.3 is 0 Å². The lowest BCUT2D eigenvalue weighted by Crippen LogP contribution is -2.40. The normalized spacial score (nSPS) is 32.0. The second-order valence-electron chi connectivity index (χ2n) is 5.47. The lowest BCUT2D eigenvalue weighted by Gasteiger charge is -2.27. The molecule has 4 N–H and O–H groups in total. The maximum absolute atomic E-state index is 14.8. The van der Waals surface area contributed by atoms with Gasteiger partial charge in [-0.05, 0) is 11.6 Å². The first-order chi connectivity index (χ1) is 10.4. The number of anilines is 1. The fraction of sp³-hybridized carbons (Fsp3) is 0.583. The smallest absolute Gasteiger partial charge is 0.226 e. The third-order valence-electron chi connectivity index (χ3n) is 4.12. The van der Waals surface area contributed by atoms with Crippen molar-refractivity contribution in [2.24, 2.45) is 5.41 Å². The van der Waals surface area contributed by atoms with Crippen LogP contribution in [0.25, 0.3) is 11.2 Å². The molecule has 1 aliphatic rings. The number of aromatic nitrogens is 4. The van der Waals surface area contributed by atoms with E-state index in [4.69, 9.17) is 22.1 Å². The van der Waals surface area contributed by atoms with Crippen LogP contribution in [0.1, 0.15) is 13.2 Å². The summed E-state index contributed by atoms with van der Waals surface area (Å²) in [4.78, 5) is 11.8. The molecule has 0 aromatic carbocycles. The first-order valence-corrected chi connectivity index (χ1v) is 6.97. The number of rotatable bonds is 3. The fourth-order valence-electron chi connectivity index (χ4n) is 2.64. The van der Waals surface area contributed by atoms with Crippen molar-refractivity contribution in [2.45, 2.75) is 25.4 Å². The first kappa shape index (κ1) is 15.3. The number of nitrogens with two attached hydrogens (primary N) is 1. The van der Waals surface area contributed by atoms with E-state index in [1.165, 1.54) is 17.8 Å². The molecular weight excluding hydrogens is 317 g/mol. The Labute approximate surface area is 129 Å². The molecule has 0 aliphatic carbocycles. The van der Waals surface area contributed by atoms with Gasteiger partial charge in [0.2, 0.25) is 5.28 Å². The molecule has 2 aromatic rings. The van der Waals surface area contributed by atoms with E-state index in [0.717, 1.165) is 0 Å². The molecule has 4 atom stereocenters. The molecule has 1 saturated heterocycles. The molecule has 10 heteroatoms. The summed E-state index contributed by atoms with van der Waals surface area (Å²) in [6.45, 7) is 0.618. The number of hydrogen-bond acceptors (Lipinski definition) is 7. The molecule has 0 amide bonds. The lowest BCUT2D eigenvalue weighted by molar-refractivity contribution is -0.0524. The second-order valence-corrected chi connectivity index (χ2v) is 5.80.